The minimum Gasteiger partial charge on any atom is -0.484 e. The van der Waals surface area contributed by atoms with Gasteiger partial charge in [-0.25, -0.2) is 0 Å². The third-order valence-corrected chi connectivity index (χ3v) is 2.18. The van der Waals surface area contributed by atoms with Crippen molar-refractivity contribution >= 4 is 16.8 Å². The fourth-order valence-corrected chi connectivity index (χ4v) is 1.45. The number of nitrogens with two attached hydrogens (primary N) is 1. The monoisotopic (exact) mass is 216 g/mol. The summed E-state index contributed by atoms with van der Waals surface area (Å²) in [7, 11) is 0. The van der Waals surface area contributed by atoms with Crippen molar-refractivity contribution < 1.29 is 9.53 Å². The highest BCUT2D eigenvalue weighted by molar-refractivity contribution is 5.80. The molecule has 1 aromatic carbocycles. The first-order chi connectivity index (χ1) is 7.65. The molecule has 0 spiro atoms. The van der Waals surface area contributed by atoms with Gasteiger partial charge in [-0.1, -0.05) is 6.07 Å². The summed E-state index contributed by atoms with van der Waals surface area (Å²) in [4.78, 5) is 14.9. The van der Waals surface area contributed by atoms with Crippen LogP contribution in [0, 0.1) is 6.92 Å². The number of hydrogen-bond acceptors (Lipinski definition) is 3. The van der Waals surface area contributed by atoms with Crippen LogP contribution >= 0.6 is 0 Å². The summed E-state index contributed by atoms with van der Waals surface area (Å²) in [6.45, 7) is 1.84. The van der Waals surface area contributed by atoms with Gasteiger partial charge in [0, 0.05) is 11.1 Å². The lowest BCUT2D eigenvalue weighted by atomic mass is 10.2. The number of pyridine rings is 1. The number of ether oxygens (including phenoxy) is 1. The third-order valence-electron chi connectivity index (χ3n) is 2.18. The molecule has 0 atom stereocenters. The molecular weight excluding hydrogens is 204 g/mol. The van der Waals surface area contributed by atoms with Crippen molar-refractivity contribution in [1.82, 2.24) is 4.98 Å². The third kappa shape index (κ3) is 2.28. The molecule has 0 unspecified atom stereocenters. The number of aromatic nitrogens is 1. The normalized spacial score (nSPS) is 10.3. The number of aryl methyl sites for hydroxylation is 1. The molecule has 4 heteroatoms. The Morgan fingerprint density at radius 1 is 1.38 bits per heavy atom. The number of primary amides is 1. The van der Waals surface area contributed by atoms with Gasteiger partial charge in [-0.2, -0.15) is 0 Å². The number of hydrogen-bond donors (Lipinski definition) is 1. The summed E-state index contributed by atoms with van der Waals surface area (Å²) in [5.41, 5.74) is 6.88. The largest absolute Gasteiger partial charge is 0.484 e. The van der Waals surface area contributed by atoms with E-state index in [1.54, 1.807) is 6.07 Å². The Morgan fingerprint density at radius 3 is 2.94 bits per heavy atom. The van der Waals surface area contributed by atoms with E-state index in [9.17, 15) is 4.79 Å². The van der Waals surface area contributed by atoms with E-state index in [0.717, 1.165) is 16.6 Å². The van der Waals surface area contributed by atoms with Crippen molar-refractivity contribution in [2.75, 3.05) is 6.61 Å². The molecule has 0 radical (unpaired) electrons. The summed E-state index contributed by atoms with van der Waals surface area (Å²) in [5.74, 6) is 0.138. The zero-order valence-electron chi connectivity index (χ0n) is 8.93. The highest BCUT2D eigenvalue weighted by atomic mass is 16.5. The van der Waals surface area contributed by atoms with E-state index in [2.05, 4.69) is 4.98 Å². The highest BCUT2D eigenvalue weighted by Crippen LogP contribution is 2.19. The Kier molecular flexibility index (Phi) is 2.72. The number of carbonyl (C=O) groups is 1. The number of amides is 1. The molecule has 0 saturated carbocycles. The van der Waals surface area contributed by atoms with Crippen LogP contribution in [-0.2, 0) is 4.79 Å². The Balaban J connectivity index is 2.30. The van der Waals surface area contributed by atoms with E-state index in [4.69, 9.17) is 10.5 Å². The van der Waals surface area contributed by atoms with Gasteiger partial charge >= 0.3 is 0 Å². The van der Waals surface area contributed by atoms with Gasteiger partial charge in [0.05, 0.1) is 5.52 Å². The number of carbonyl (C=O) groups excluding carboxylic acids is 1. The van der Waals surface area contributed by atoms with Gasteiger partial charge < -0.3 is 10.5 Å². The second-order valence-electron chi connectivity index (χ2n) is 3.56. The van der Waals surface area contributed by atoms with Crippen molar-refractivity contribution in [3.63, 3.8) is 0 Å². The molecule has 1 aromatic heterocycles. The zero-order chi connectivity index (χ0) is 11.5. The van der Waals surface area contributed by atoms with Gasteiger partial charge in [0.15, 0.2) is 6.61 Å². The van der Waals surface area contributed by atoms with Crippen LogP contribution in [0.15, 0.2) is 30.3 Å². The summed E-state index contributed by atoms with van der Waals surface area (Å²) < 4.78 is 5.20. The van der Waals surface area contributed by atoms with E-state index in [1.807, 2.05) is 31.2 Å². The molecule has 2 aromatic rings. The minimum absolute atomic E-state index is 0.106. The van der Waals surface area contributed by atoms with Crippen LogP contribution in [0.1, 0.15) is 5.69 Å². The van der Waals surface area contributed by atoms with Gasteiger partial charge in [-0.3, -0.25) is 9.78 Å². The van der Waals surface area contributed by atoms with Crippen LogP contribution in [-0.4, -0.2) is 17.5 Å². The summed E-state index contributed by atoms with van der Waals surface area (Å²) in [6.07, 6.45) is 0. The summed E-state index contributed by atoms with van der Waals surface area (Å²) in [5, 5.41) is 0.979. The number of nitrogens with zero attached hydrogens (tertiary/aromatic N) is 1. The van der Waals surface area contributed by atoms with Crippen molar-refractivity contribution in [2.24, 2.45) is 5.73 Å². The fourth-order valence-electron chi connectivity index (χ4n) is 1.45. The number of fused-ring (bicyclic) bond motifs is 1. The first kappa shape index (κ1) is 10.4. The van der Waals surface area contributed by atoms with Gasteiger partial charge in [-0.15, -0.1) is 0 Å². The lowest BCUT2D eigenvalue weighted by Crippen LogP contribution is -2.19. The van der Waals surface area contributed by atoms with E-state index in [0.29, 0.717) is 5.75 Å². The molecule has 0 bridgehead atoms. The number of rotatable bonds is 3. The van der Waals surface area contributed by atoms with Crippen LogP contribution in [0.5, 0.6) is 5.75 Å². The molecule has 4 nitrogen and oxygen atoms in total. The molecule has 0 aliphatic rings. The molecular formula is C12H12N2O2. The lowest BCUT2D eigenvalue weighted by molar-refractivity contribution is -0.119. The lowest BCUT2D eigenvalue weighted by Gasteiger charge is -2.05. The zero-order valence-corrected chi connectivity index (χ0v) is 8.93. The Labute approximate surface area is 93.0 Å². The molecule has 2 rings (SSSR count). The SMILES string of the molecule is Cc1ccc2cc(OCC(N)=O)ccc2n1. The average Bonchev–Trinajstić information content (AvgIpc) is 2.26. The van der Waals surface area contributed by atoms with Gasteiger partial charge in [0.1, 0.15) is 5.75 Å². The molecule has 16 heavy (non-hydrogen) atoms. The first-order valence-corrected chi connectivity index (χ1v) is 4.94. The summed E-state index contributed by atoms with van der Waals surface area (Å²) >= 11 is 0. The summed E-state index contributed by atoms with van der Waals surface area (Å²) in [6, 6.07) is 9.37. The molecule has 0 saturated heterocycles. The van der Waals surface area contributed by atoms with E-state index in [1.165, 1.54) is 0 Å². The predicted molar refractivity (Wildman–Crippen MR) is 61.2 cm³/mol. The van der Waals surface area contributed by atoms with Crippen LogP contribution in [0.25, 0.3) is 10.9 Å². The molecule has 82 valence electrons. The second kappa shape index (κ2) is 4.18. The van der Waals surface area contributed by atoms with Crippen LogP contribution in [0.4, 0.5) is 0 Å². The van der Waals surface area contributed by atoms with Gasteiger partial charge in [-0.05, 0) is 31.2 Å². The van der Waals surface area contributed by atoms with E-state index >= 15 is 0 Å². The van der Waals surface area contributed by atoms with Crippen molar-refractivity contribution in [3.8, 4) is 5.75 Å². The quantitative estimate of drug-likeness (QED) is 0.843. The molecule has 1 heterocycles. The van der Waals surface area contributed by atoms with Crippen molar-refractivity contribution in [2.45, 2.75) is 6.92 Å². The predicted octanol–water partition coefficient (Wildman–Crippen LogP) is 1.41. The van der Waals surface area contributed by atoms with Gasteiger partial charge in [0.2, 0.25) is 0 Å². The maximum atomic E-state index is 10.6. The second-order valence-corrected chi connectivity index (χ2v) is 3.56. The molecule has 0 aliphatic carbocycles. The Morgan fingerprint density at radius 2 is 2.19 bits per heavy atom. The van der Waals surface area contributed by atoms with E-state index < -0.39 is 5.91 Å². The standard InChI is InChI=1S/C12H12N2O2/c1-8-2-3-9-6-10(16-7-12(13)15)4-5-11(9)14-8/h2-6H,7H2,1H3,(H2,13,15). The molecule has 0 aliphatic heterocycles. The average molecular weight is 216 g/mol. The maximum Gasteiger partial charge on any atom is 0.255 e. The van der Waals surface area contributed by atoms with Crippen LogP contribution < -0.4 is 10.5 Å². The molecule has 0 fully saturated rings. The van der Waals surface area contributed by atoms with Crippen molar-refractivity contribution in [3.05, 3.63) is 36.0 Å². The first-order valence-electron chi connectivity index (χ1n) is 4.94. The van der Waals surface area contributed by atoms with Gasteiger partial charge in [0.25, 0.3) is 5.91 Å². The van der Waals surface area contributed by atoms with Crippen molar-refractivity contribution in [1.29, 1.82) is 0 Å². The molecule has 1 amide bonds. The minimum atomic E-state index is -0.484. The van der Waals surface area contributed by atoms with E-state index in [-0.39, 0.29) is 6.61 Å². The fraction of sp³-hybridized carbons (Fsp3) is 0.167. The highest BCUT2D eigenvalue weighted by Gasteiger charge is 2.00. The Hall–Kier alpha value is -2.10. The van der Waals surface area contributed by atoms with Crippen LogP contribution in [0.3, 0.4) is 0 Å². The maximum absolute atomic E-state index is 10.6. The smallest absolute Gasteiger partial charge is 0.255 e. The van der Waals surface area contributed by atoms with Crippen LogP contribution in [0.2, 0.25) is 0 Å². The number of benzene rings is 1. The Bertz CT molecular complexity index is 538. The molecule has 2 N–H and O–H groups in total. The topological polar surface area (TPSA) is 65.2 Å².